The van der Waals surface area contributed by atoms with Crippen molar-refractivity contribution in [2.75, 3.05) is 6.16 Å². The first-order valence-electron chi connectivity index (χ1n) is 3.73. The summed E-state index contributed by atoms with van der Waals surface area (Å²) in [7, 11) is 1.44. The van der Waals surface area contributed by atoms with Crippen molar-refractivity contribution in [1.29, 1.82) is 0 Å². The van der Waals surface area contributed by atoms with Crippen LogP contribution in [0.15, 0.2) is 42.5 Å². The average molecular weight is 160 g/mol. The lowest BCUT2D eigenvalue weighted by Gasteiger charge is -1.95. The maximum Gasteiger partial charge on any atom is 0.00834 e. The molecule has 0 aliphatic carbocycles. The fraction of sp³-hybridized carbons (Fsp3) is 0.100. The Labute approximate surface area is 68.4 Å². The number of hydrogen-bond acceptors (Lipinski definition) is 0. The third-order valence-electron chi connectivity index (χ3n) is 1.71. The molecular formula is C10H9P. The molecule has 0 fully saturated rings. The summed E-state index contributed by atoms with van der Waals surface area (Å²) in [4.78, 5) is 0. The predicted molar refractivity (Wildman–Crippen MR) is 51.5 cm³/mol. The molecule has 2 rings (SSSR count). The van der Waals surface area contributed by atoms with Crippen molar-refractivity contribution in [3.05, 3.63) is 48.0 Å². The van der Waals surface area contributed by atoms with Crippen LogP contribution in [0.5, 0.6) is 0 Å². The van der Waals surface area contributed by atoms with Crippen molar-refractivity contribution < 1.29 is 0 Å². The minimum absolute atomic E-state index is 1.18. The fourth-order valence-electron chi connectivity index (χ4n) is 1.16. The Hall–Kier alpha value is -0.870. The molecule has 1 aromatic carbocycles. The molecule has 1 aliphatic heterocycles. The highest BCUT2D eigenvalue weighted by Gasteiger charge is 1.99. The lowest BCUT2D eigenvalue weighted by atomic mass is 10.1. The second kappa shape index (κ2) is 3.02. The third kappa shape index (κ3) is 1.41. The molecule has 0 amide bonds. The summed E-state index contributed by atoms with van der Waals surface area (Å²) >= 11 is 0. The van der Waals surface area contributed by atoms with Crippen LogP contribution in [0, 0.1) is 0 Å². The Kier molecular flexibility index (Phi) is 1.87. The largest absolute Gasteiger partial charge is 0.0917 e. The predicted octanol–water partition coefficient (Wildman–Crippen LogP) is 2.72. The average Bonchev–Trinajstić information content (AvgIpc) is 2.58. The molecule has 0 saturated heterocycles. The molecule has 1 aromatic rings. The molecule has 0 N–H and O–H groups in total. The summed E-state index contributed by atoms with van der Waals surface area (Å²) < 4.78 is 0. The maximum atomic E-state index is 2.23. The number of hydrogen-bond donors (Lipinski definition) is 0. The molecule has 0 atom stereocenters. The first-order valence-corrected chi connectivity index (χ1v) is 4.81. The van der Waals surface area contributed by atoms with Gasteiger partial charge < -0.3 is 0 Å². The van der Waals surface area contributed by atoms with Crippen molar-refractivity contribution in [3.8, 4) is 0 Å². The highest BCUT2D eigenvalue weighted by Crippen LogP contribution is 2.15. The summed E-state index contributed by atoms with van der Waals surface area (Å²) in [5.74, 6) is 0. The van der Waals surface area contributed by atoms with E-state index in [4.69, 9.17) is 0 Å². The Morgan fingerprint density at radius 1 is 1.09 bits per heavy atom. The smallest absolute Gasteiger partial charge is 0.00834 e. The summed E-state index contributed by atoms with van der Waals surface area (Å²) in [6.07, 6.45) is 5.63. The zero-order chi connectivity index (χ0) is 7.52. The van der Waals surface area contributed by atoms with E-state index in [1.54, 1.807) is 0 Å². The van der Waals surface area contributed by atoms with Crippen LogP contribution in [0.1, 0.15) is 5.56 Å². The molecule has 0 aromatic heterocycles. The molecule has 11 heavy (non-hydrogen) atoms. The van der Waals surface area contributed by atoms with Crippen molar-refractivity contribution in [2.24, 2.45) is 0 Å². The van der Waals surface area contributed by atoms with Gasteiger partial charge in [0.05, 0.1) is 0 Å². The second-order valence-electron chi connectivity index (χ2n) is 2.49. The van der Waals surface area contributed by atoms with E-state index in [1.165, 1.54) is 25.2 Å². The maximum absolute atomic E-state index is 2.23. The van der Waals surface area contributed by atoms with Crippen LogP contribution in [0.4, 0.5) is 0 Å². The normalized spacial score (nSPS) is 16.5. The van der Waals surface area contributed by atoms with E-state index in [9.17, 15) is 0 Å². The highest BCUT2D eigenvalue weighted by atomic mass is 31.1. The molecular weight excluding hydrogens is 151 g/mol. The lowest BCUT2D eigenvalue weighted by molar-refractivity contribution is 1.67. The highest BCUT2D eigenvalue weighted by molar-refractivity contribution is 7.42. The molecule has 54 valence electrons. The van der Waals surface area contributed by atoms with Gasteiger partial charge in [0.25, 0.3) is 0 Å². The van der Waals surface area contributed by atoms with Crippen molar-refractivity contribution in [1.82, 2.24) is 0 Å². The van der Waals surface area contributed by atoms with Gasteiger partial charge in [0.1, 0.15) is 0 Å². The van der Waals surface area contributed by atoms with Crippen molar-refractivity contribution in [2.45, 2.75) is 0 Å². The van der Waals surface area contributed by atoms with Gasteiger partial charge in [-0.05, 0) is 5.56 Å². The quantitative estimate of drug-likeness (QED) is 0.554. The zero-order valence-corrected chi connectivity index (χ0v) is 7.09. The van der Waals surface area contributed by atoms with E-state index in [0.29, 0.717) is 0 Å². The van der Waals surface area contributed by atoms with E-state index in [-0.39, 0.29) is 0 Å². The molecule has 1 aliphatic rings. The van der Waals surface area contributed by atoms with Gasteiger partial charge in [0.2, 0.25) is 0 Å². The molecule has 0 bridgehead atoms. The Bertz CT molecular complexity index is 296. The van der Waals surface area contributed by atoms with Crippen molar-refractivity contribution >= 4 is 13.5 Å². The van der Waals surface area contributed by atoms with Gasteiger partial charge in [-0.25, -0.2) is 0 Å². The van der Waals surface area contributed by atoms with Gasteiger partial charge in [-0.1, -0.05) is 50.7 Å². The van der Waals surface area contributed by atoms with Crippen LogP contribution in [-0.4, -0.2) is 11.5 Å². The summed E-state index contributed by atoms with van der Waals surface area (Å²) in [5.41, 5.74) is 1.36. The monoisotopic (exact) mass is 160 g/mol. The minimum Gasteiger partial charge on any atom is -0.0917 e. The molecule has 0 unspecified atom stereocenters. The van der Waals surface area contributed by atoms with E-state index in [1.807, 2.05) is 0 Å². The standard InChI is InChI=1S/C10H9P/c1-2-5-9(6-3-1)10-7-4-8-11-10/h1-7H,8H2. The minimum atomic E-state index is 1.18. The lowest BCUT2D eigenvalue weighted by Crippen LogP contribution is -1.88. The van der Waals surface area contributed by atoms with Crippen LogP contribution in [0.3, 0.4) is 0 Å². The summed E-state index contributed by atoms with van der Waals surface area (Å²) in [6, 6.07) is 10.6. The van der Waals surface area contributed by atoms with Gasteiger partial charge >= 0.3 is 0 Å². The third-order valence-corrected chi connectivity index (χ3v) is 2.85. The van der Waals surface area contributed by atoms with Crippen LogP contribution < -0.4 is 0 Å². The Balaban J connectivity index is 2.37. The first-order chi connectivity index (χ1) is 5.47. The topological polar surface area (TPSA) is 0 Å². The number of allylic oxidation sites excluding steroid dienone is 2. The van der Waals surface area contributed by atoms with E-state index in [0.717, 1.165) is 0 Å². The molecule has 1 heterocycles. The van der Waals surface area contributed by atoms with Gasteiger partial charge in [-0.15, -0.1) is 0 Å². The van der Waals surface area contributed by atoms with E-state index >= 15 is 0 Å². The summed E-state index contributed by atoms with van der Waals surface area (Å²) in [5, 5.41) is 1.45. The molecule has 0 radical (unpaired) electrons. The second-order valence-corrected chi connectivity index (χ2v) is 3.66. The van der Waals surface area contributed by atoms with Gasteiger partial charge in [-0.2, -0.15) is 0 Å². The number of benzene rings is 1. The van der Waals surface area contributed by atoms with Gasteiger partial charge in [0, 0.05) is 11.5 Å². The fourth-order valence-corrected chi connectivity index (χ4v) is 2.11. The molecule has 0 nitrogen and oxygen atoms in total. The van der Waals surface area contributed by atoms with Crippen LogP contribution in [0.2, 0.25) is 0 Å². The number of rotatable bonds is 1. The van der Waals surface area contributed by atoms with Crippen LogP contribution >= 0.6 is 8.20 Å². The Morgan fingerprint density at radius 3 is 2.55 bits per heavy atom. The van der Waals surface area contributed by atoms with Gasteiger partial charge in [-0.3, -0.25) is 0 Å². The SMILES string of the molecule is C1=CC(c2ccccc2)=PC1. The first kappa shape index (κ1) is 6.82. The zero-order valence-electron chi connectivity index (χ0n) is 6.20. The van der Waals surface area contributed by atoms with E-state index < -0.39 is 0 Å². The van der Waals surface area contributed by atoms with E-state index in [2.05, 4.69) is 42.5 Å². The molecule has 1 heteroatoms. The van der Waals surface area contributed by atoms with Crippen LogP contribution in [-0.2, 0) is 0 Å². The molecule has 0 spiro atoms. The Morgan fingerprint density at radius 2 is 1.91 bits per heavy atom. The van der Waals surface area contributed by atoms with Crippen LogP contribution in [0.25, 0.3) is 0 Å². The summed E-state index contributed by atoms with van der Waals surface area (Å²) in [6.45, 7) is 0. The van der Waals surface area contributed by atoms with Gasteiger partial charge in [0.15, 0.2) is 0 Å². The molecule has 0 saturated carbocycles. The van der Waals surface area contributed by atoms with Crippen molar-refractivity contribution in [3.63, 3.8) is 0 Å².